The van der Waals surface area contributed by atoms with E-state index in [2.05, 4.69) is 45.6 Å². The summed E-state index contributed by atoms with van der Waals surface area (Å²) in [6.45, 7) is 12.9. The largest absolute Gasteiger partial charge is 0.293 e. The second-order valence-electron chi connectivity index (χ2n) is 6.74. The predicted molar refractivity (Wildman–Crippen MR) is 84.2 cm³/mol. The maximum atomic E-state index is 12.7. The molecule has 0 N–H and O–H groups in total. The molecule has 1 heterocycles. The van der Waals surface area contributed by atoms with Crippen molar-refractivity contribution in [3.05, 3.63) is 34.9 Å². The molecule has 2 heteroatoms. The molecule has 2 rings (SSSR count). The average Bonchev–Trinajstić information content (AvgIpc) is 2.39. The van der Waals surface area contributed by atoms with Crippen molar-refractivity contribution in [1.29, 1.82) is 0 Å². The van der Waals surface area contributed by atoms with Crippen LogP contribution in [0.4, 0.5) is 0 Å². The molecular formula is C18H27NO. The zero-order chi connectivity index (χ0) is 14.9. The standard InChI is InChI=1S/C18H27NO/c1-12-8-13(2)11-19(10-12)16(5)18(20)17-7-6-14(3)15(4)9-17/h6-7,9,12-13,16H,8,10-11H2,1-5H3. The number of rotatable bonds is 3. The number of ketones is 1. The first-order valence-electron chi connectivity index (χ1n) is 7.74. The normalized spacial score (nSPS) is 25.4. The Morgan fingerprint density at radius 3 is 2.30 bits per heavy atom. The summed E-state index contributed by atoms with van der Waals surface area (Å²) in [7, 11) is 0. The third-order valence-electron chi connectivity index (χ3n) is 4.62. The molecule has 110 valence electrons. The van der Waals surface area contributed by atoms with E-state index in [1.54, 1.807) is 0 Å². The minimum absolute atomic E-state index is 0.0118. The summed E-state index contributed by atoms with van der Waals surface area (Å²) in [5.74, 6) is 1.64. The Bertz CT molecular complexity index is 484. The van der Waals surface area contributed by atoms with Gasteiger partial charge in [0.15, 0.2) is 5.78 Å². The van der Waals surface area contributed by atoms with Crippen molar-refractivity contribution in [1.82, 2.24) is 4.90 Å². The van der Waals surface area contributed by atoms with Crippen molar-refractivity contribution in [3.8, 4) is 0 Å². The summed E-state index contributed by atoms with van der Waals surface area (Å²) in [6, 6.07) is 6.04. The van der Waals surface area contributed by atoms with E-state index in [4.69, 9.17) is 0 Å². The van der Waals surface area contributed by atoms with E-state index in [1.165, 1.54) is 17.5 Å². The van der Waals surface area contributed by atoms with Crippen LogP contribution in [-0.4, -0.2) is 29.8 Å². The first kappa shape index (κ1) is 15.2. The van der Waals surface area contributed by atoms with Gasteiger partial charge in [0, 0.05) is 18.7 Å². The molecule has 2 nitrogen and oxygen atoms in total. The number of carbonyl (C=O) groups is 1. The summed E-state index contributed by atoms with van der Waals surface area (Å²) in [4.78, 5) is 15.0. The fraction of sp³-hybridized carbons (Fsp3) is 0.611. The van der Waals surface area contributed by atoms with Gasteiger partial charge in [0.2, 0.25) is 0 Å². The quantitative estimate of drug-likeness (QED) is 0.780. The van der Waals surface area contributed by atoms with Gasteiger partial charge in [-0.25, -0.2) is 0 Å². The van der Waals surface area contributed by atoms with E-state index in [9.17, 15) is 4.79 Å². The molecule has 0 aliphatic carbocycles. The highest BCUT2D eigenvalue weighted by Crippen LogP contribution is 2.24. The number of nitrogens with zero attached hydrogens (tertiary/aromatic N) is 1. The van der Waals surface area contributed by atoms with Crippen molar-refractivity contribution in [2.24, 2.45) is 11.8 Å². The molecule has 0 aromatic heterocycles. The van der Waals surface area contributed by atoms with Crippen LogP contribution in [0, 0.1) is 25.7 Å². The lowest BCUT2D eigenvalue weighted by Gasteiger charge is -2.38. The second-order valence-corrected chi connectivity index (χ2v) is 6.74. The molecule has 3 unspecified atom stereocenters. The van der Waals surface area contributed by atoms with Gasteiger partial charge < -0.3 is 0 Å². The fourth-order valence-corrected chi connectivity index (χ4v) is 3.33. The van der Waals surface area contributed by atoms with Gasteiger partial charge in [-0.3, -0.25) is 9.69 Å². The molecule has 0 bridgehead atoms. The Hall–Kier alpha value is -1.15. The van der Waals surface area contributed by atoms with Gasteiger partial charge in [-0.05, 0) is 56.2 Å². The Kier molecular flexibility index (Phi) is 4.64. The molecule has 3 atom stereocenters. The molecule has 1 aliphatic heterocycles. The van der Waals surface area contributed by atoms with Crippen molar-refractivity contribution in [2.75, 3.05) is 13.1 Å². The summed E-state index contributed by atoms with van der Waals surface area (Å²) < 4.78 is 0. The second kappa shape index (κ2) is 6.09. The van der Waals surface area contributed by atoms with Crippen LogP contribution in [0.2, 0.25) is 0 Å². The van der Waals surface area contributed by atoms with Crippen LogP contribution in [0.5, 0.6) is 0 Å². The Morgan fingerprint density at radius 1 is 1.15 bits per heavy atom. The van der Waals surface area contributed by atoms with Crippen LogP contribution in [0.3, 0.4) is 0 Å². The number of hydrogen-bond donors (Lipinski definition) is 0. The van der Waals surface area contributed by atoms with Gasteiger partial charge in [0.25, 0.3) is 0 Å². The Balaban J connectivity index is 2.13. The zero-order valence-electron chi connectivity index (χ0n) is 13.4. The SMILES string of the molecule is Cc1ccc(C(=O)C(C)N2CC(C)CC(C)C2)cc1C. The van der Waals surface area contributed by atoms with Crippen LogP contribution in [-0.2, 0) is 0 Å². The third kappa shape index (κ3) is 3.29. The minimum Gasteiger partial charge on any atom is -0.293 e. The number of Topliss-reactive ketones (excluding diaryl/α,β-unsaturated/α-hetero) is 1. The maximum Gasteiger partial charge on any atom is 0.179 e. The van der Waals surface area contributed by atoms with Gasteiger partial charge in [-0.15, -0.1) is 0 Å². The topological polar surface area (TPSA) is 20.3 Å². The lowest BCUT2D eigenvalue weighted by Crippen LogP contribution is -2.47. The Labute approximate surface area is 123 Å². The lowest BCUT2D eigenvalue weighted by atomic mass is 9.89. The van der Waals surface area contributed by atoms with E-state index in [0.717, 1.165) is 18.7 Å². The van der Waals surface area contributed by atoms with Crippen molar-refractivity contribution in [2.45, 2.75) is 47.1 Å². The van der Waals surface area contributed by atoms with Gasteiger partial charge in [-0.1, -0.05) is 26.0 Å². The minimum atomic E-state index is -0.0118. The van der Waals surface area contributed by atoms with Crippen molar-refractivity contribution in [3.63, 3.8) is 0 Å². The van der Waals surface area contributed by atoms with E-state index < -0.39 is 0 Å². The molecule has 20 heavy (non-hydrogen) atoms. The van der Waals surface area contributed by atoms with Crippen molar-refractivity contribution < 1.29 is 4.79 Å². The molecule has 1 saturated heterocycles. The highest BCUT2D eigenvalue weighted by Gasteiger charge is 2.29. The maximum absolute atomic E-state index is 12.7. The Morgan fingerprint density at radius 2 is 1.75 bits per heavy atom. The number of hydrogen-bond acceptors (Lipinski definition) is 2. The van der Waals surface area contributed by atoms with Gasteiger partial charge >= 0.3 is 0 Å². The van der Waals surface area contributed by atoms with Gasteiger partial charge in [0.1, 0.15) is 0 Å². The lowest BCUT2D eigenvalue weighted by molar-refractivity contribution is 0.0686. The predicted octanol–water partition coefficient (Wildman–Crippen LogP) is 3.85. The molecule has 1 aliphatic rings. The zero-order valence-corrected chi connectivity index (χ0v) is 13.4. The van der Waals surface area contributed by atoms with Crippen LogP contribution >= 0.6 is 0 Å². The highest BCUT2D eigenvalue weighted by molar-refractivity contribution is 6.00. The molecule has 0 saturated carbocycles. The molecule has 1 aromatic rings. The molecular weight excluding hydrogens is 246 g/mol. The number of benzene rings is 1. The number of piperidine rings is 1. The van der Waals surface area contributed by atoms with Crippen LogP contribution in [0.1, 0.15) is 48.7 Å². The molecule has 0 spiro atoms. The summed E-state index contributed by atoms with van der Waals surface area (Å²) in [6.07, 6.45) is 1.28. The van der Waals surface area contributed by atoms with Crippen LogP contribution in [0.15, 0.2) is 18.2 Å². The van der Waals surface area contributed by atoms with Gasteiger partial charge in [0.05, 0.1) is 6.04 Å². The smallest absolute Gasteiger partial charge is 0.179 e. The number of carbonyl (C=O) groups excluding carboxylic acids is 1. The van der Waals surface area contributed by atoms with E-state index in [1.807, 2.05) is 12.1 Å². The first-order chi connectivity index (χ1) is 9.38. The van der Waals surface area contributed by atoms with E-state index in [0.29, 0.717) is 11.8 Å². The van der Waals surface area contributed by atoms with Crippen molar-refractivity contribution >= 4 is 5.78 Å². The van der Waals surface area contributed by atoms with Gasteiger partial charge in [-0.2, -0.15) is 0 Å². The highest BCUT2D eigenvalue weighted by atomic mass is 16.1. The molecule has 0 amide bonds. The molecule has 0 radical (unpaired) electrons. The van der Waals surface area contributed by atoms with E-state index >= 15 is 0 Å². The number of likely N-dealkylation sites (tertiary alicyclic amines) is 1. The van der Waals surface area contributed by atoms with Crippen LogP contribution < -0.4 is 0 Å². The molecule has 1 aromatic carbocycles. The summed E-state index contributed by atoms with van der Waals surface area (Å²) >= 11 is 0. The number of aryl methyl sites for hydroxylation is 2. The van der Waals surface area contributed by atoms with Crippen LogP contribution in [0.25, 0.3) is 0 Å². The fourth-order valence-electron chi connectivity index (χ4n) is 3.33. The first-order valence-corrected chi connectivity index (χ1v) is 7.74. The summed E-state index contributed by atoms with van der Waals surface area (Å²) in [5, 5.41) is 0. The average molecular weight is 273 g/mol. The summed E-state index contributed by atoms with van der Waals surface area (Å²) in [5.41, 5.74) is 3.30. The van der Waals surface area contributed by atoms with E-state index in [-0.39, 0.29) is 11.8 Å². The third-order valence-corrected chi connectivity index (χ3v) is 4.62. The monoisotopic (exact) mass is 273 g/mol. The molecule has 1 fully saturated rings.